The van der Waals surface area contributed by atoms with Gasteiger partial charge in [0.15, 0.2) is 0 Å². The number of hydrogen-bond donors (Lipinski definition) is 1. The summed E-state index contributed by atoms with van der Waals surface area (Å²) in [6.45, 7) is 8.42. The molecule has 2 nitrogen and oxygen atoms in total. The highest BCUT2D eigenvalue weighted by Crippen LogP contribution is 2.30. The number of rotatable bonds is 1. The van der Waals surface area contributed by atoms with Gasteiger partial charge >= 0.3 is 0 Å². The zero-order chi connectivity index (χ0) is 12.6. The molecule has 2 rings (SSSR count). The fourth-order valence-corrected chi connectivity index (χ4v) is 2.45. The van der Waals surface area contributed by atoms with Gasteiger partial charge in [0.1, 0.15) is 5.82 Å². The molecular formula is C15H18N2. The Labute approximate surface area is 103 Å². The average Bonchev–Trinajstić information content (AvgIpc) is 2.19. The summed E-state index contributed by atoms with van der Waals surface area (Å²) in [6, 6.07) is 8.33. The van der Waals surface area contributed by atoms with E-state index < -0.39 is 0 Å². The van der Waals surface area contributed by atoms with Crippen molar-refractivity contribution in [2.24, 2.45) is 0 Å². The van der Waals surface area contributed by atoms with Crippen molar-refractivity contribution in [1.82, 2.24) is 4.98 Å². The van der Waals surface area contributed by atoms with E-state index in [4.69, 9.17) is 5.73 Å². The average molecular weight is 226 g/mol. The summed E-state index contributed by atoms with van der Waals surface area (Å²) in [5, 5.41) is 0. The molecular weight excluding hydrogens is 208 g/mol. The van der Waals surface area contributed by atoms with Crippen LogP contribution in [-0.4, -0.2) is 4.98 Å². The van der Waals surface area contributed by atoms with Gasteiger partial charge in [-0.15, -0.1) is 0 Å². The zero-order valence-electron chi connectivity index (χ0n) is 10.8. The summed E-state index contributed by atoms with van der Waals surface area (Å²) < 4.78 is 0. The third kappa shape index (κ3) is 2.16. The molecule has 0 unspecified atom stereocenters. The van der Waals surface area contributed by atoms with Crippen LogP contribution in [0.1, 0.15) is 22.4 Å². The lowest BCUT2D eigenvalue weighted by Gasteiger charge is -2.13. The van der Waals surface area contributed by atoms with Gasteiger partial charge in [-0.05, 0) is 56.5 Å². The second-order valence-corrected chi connectivity index (χ2v) is 4.64. The molecule has 2 heteroatoms. The summed E-state index contributed by atoms with van der Waals surface area (Å²) in [4.78, 5) is 4.33. The Morgan fingerprint density at radius 3 is 2.06 bits per heavy atom. The van der Waals surface area contributed by atoms with Crippen LogP contribution in [0.5, 0.6) is 0 Å². The summed E-state index contributed by atoms with van der Waals surface area (Å²) in [5.74, 6) is 0.577. The fraction of sp³-hybridized carbons (Fsp3) is 0.267. The molecule has 0 saturated heterocycles. The number of pyridine rings is 1. The lowest BCUT2D eigenvalue weighted by atomic mass is 9.93. The van der Waals surface area contributed by atoms with E-state index in [2.05, 4.69) is 44.0 Å². The number of aryl methyl sites for hydroxylation is 4. The van der Waals surface area contributed by atoms with Crippen molar-refractivity contribution in [1.29, 1.82) is 0 Å². The Bertz CT molecular complexity index is 548. The first-order valence-electron chi connectivity index (χ1n) is 5.80. The molecule has 1 heterocycles. The van der Waals surface area contributed by atoms with Crippen molar-refractivity contribution in [3.8, 4) is 11.1 Å². The molecule has 0 atom stereocenters. The Hall–Kier alpha value is -1.83. The van der Waals surface area contributed by atoms with Gasteiger partial charge < -0.3 is 5.73 Å². The standard InChI is InChI=1S/C15H18N2/c1-9-7-10(2)15(11(3)8-9)13-5-6-14(16)17-12(13)4/h5-8H,1-4H3,(H2,16,17). The van der Waals surface area contributed by atoms with Gasteiger partial charge in [-0.1, -0.05) is 17.7 Å². The molecule has 1 aromatic heterocycles. The number of nitrogens with zero attached hydrogens (tertiary/aromatic N) is 1. The van der Waals surface area contributed by atoms with E-state index in [0.29, 0.717) is 5.82 Å². The Kier molecular flexibility index (Phi) is 2.88. The number of nitrogen functional groups attached to an aromatic ring is 1. The molecule has 17 heavy (non-hydrogen) atoms. The van der Waals surface area contributed by atoms with Gasteiger partial charge in [0.05, 0.1) is 0 Å². The van der Waals surface area contributed by atoms with Crippen molar-refractivity contribution in [2.75, 3.05) is 5.73 Å². The molecule has 0 amide bonds. The molecule has 0 aliphatic carbocycles. The van der Waals surface area contributed by atoms with Crippen LogP contribution in [0, 0.1) is 27.7 Å². The van der Waals surface area contributed by atoms with Gasteiger partial charge in [0.25, 0.3) is 0 Å². The summed E-state index contributed by atoms with van der Waals surface area (Å²) in [7, 11) is 0. The summed E-state index contributed by atoms with van der Waals surface area (Å²) in [5.41, 5.74) is 13.0. The van der Waals surface area contributed by atoms with E-state index in [-0.39, 0.29) is 0 Å². The molecule has 2 aromatic rings. The maximum atomic E-state index is 5.69. The molecule has 0 aliphatic rings. The Balaban J connectivity index is 2.68. The highest BCUT2D eigenvalue weighted by Gasteiger charge is 2.09. The second kappa shape index (κ2) is 4.21. The van der Waals surface area contributed by atoms with Gasteiger partial charge in [-0.25, -0.2) is 4.98 Å². The highest BCUT2D eigenvalue weighted by molar-refractivity contribution is 5.73. The van der Waals surface area contributed by atoms with Gasteiger partial charge in [0, 0.05) is 11.3 Å². The van der Waals surface area contributed by atoms with Crippen LogP contribution >= 0.6 is 0 Å². The minimum absolute atomic E-state index is 0.577. The molecule has 0 fully saturated rings. The fourth-order valence-electron chi connectivity index (χ4n) is 2.45. The van der Waals surface area contributed by atoms with E-state index in [0.717, 1.165) is 5.69 Å². The number of anilines is 1. The van der Waals surface area contributed by atoms with Gasteiger partial charge in [-0.3, -0.25) is 0 Å². The van der Waals surface area contributed by atoms with Crippen LogP contribution in [0.25, 0.3) is 11.1 Å². The maximum Gasteiger partial charge on any atom is 0.123 e. The highest BCUT2D eigenvalue weighted by atomic mass is 14.8. The largest absolute Gasteiger partial charge is 0.384 e. The third-order valence-corrected chi connectivity index (χ3v) is 3.05. The van der Waals surface area contributed by atoms with Crippen molar-refractivity contribution < 1.29 is 0 Å². The number of aromatic nitrogens is 1. The smallest absolute Gasteiger partial charge is 0.123 e. The Morgan fingerprint density at radius 2 is 1.53 bits per heavy atom. The van der Waals surface area contributed by atoms with Crippen molar-refractivity contribution >= 4 is 5.82 Å². The van der Waals surface area contributed by atoms with E-state index >= 15 is 0 Å². The van der Waals surface area contributed by atoms with Crippen LogP contribution < -0.4 is 5.73 Å². The molecule has 88 valence electrons. The van der Waals surface area contributed by atoms with Gasteiger partial charge in [-0.2, -0.15) is 0 Å². The van der Waals surface area contributed by atoms with E-state index in [9.17, 15) is 0 Å². The number of nitrogens with two attached hydrogens (primary N) is 1. The molecule has 2 N–H and O–H groups in total. The first kappa shape index (κ1) is 11.6. The molecule has 0 radical (unpaired) electrons. The predicted octanol–water partition coefficient (Wildman–Crippen LogP) is 3.56. The van der Waals surface area contributed by atoms with Crippen LogP contribution in [-0.2, 0) is 0 Å². The van der Waals surface area contributed by atoms with Crippen molar-refractivity contribution in [3.63, 3.8) is 0 Å². The normalized spacial score (nSPS) is 10.6. The van der Waals surface area contributed by atoms with E-state index in [1.54, 1.807) is 0 Å². The van der Waals surface area contributed by atoms with Crippen LogP contribution in [0.15, 0.2) is 24.3 Å². The summed E-state index contributed by atoms with van der Waals surface area (Å²) >= 11 is 0. The third-order valence-electron chi connectivity index (χ3n) is 3.05. The van der Waals surface area contributed by atoms with Gasteiger partial charge in [0.2, 0.25) is 0 Å². The lowest BCUT2D eigenvalue weighted by molar-refractivity contribution is 1.20. The van der Waals surface area contributed by atoms with Crippen LogP contribution in [0.4, 0.5) is 5.82 Å². The maximum absolute atomic E-state index is 5.69. The molecule has 0 aliphatic heterocycles. The minimum Gasteiger partial charge on any atom is -0.384 e. The molecule has 0 spiro atoms. The topological polar surface area (TPSA) is 38.9 Å². The molecule has 0 bridgehead atoms. The van der Waals surface area contributed by atoms with Crippen LogP contribution in [0.3, 0.4) is 0 Å². The van der Waals surface area contributed by atoms with Crippen LogP contribution in [0.2, 0.25) is 0 Å². The molecule has 1 aromatic carbocycles. The predicted molar refractivity (Wildman–Crippen MR) is 73.0 cm³/mol. The first-order chi connectivity index (χ1) is 7.99. The minimum atomic E-state index is 0.577. The zero-order valence-corrected chi connectivity index (χ0v) is 10.8. The van der Waals surface area contributed by atoms with E-state index in [1.165, 1.54) is 27.8 Å². The monoisotopic (exact) mass is 226 g/mol. The van der Waals surface area contributed by atoms with E-state index in [1.807, 2.05) is 13.0 Å². The molecule has 0 saturated carbocycles. The lowest BCUT2D eigenvalue weighted by Crippen LogP contribution is -1.97. The second-order valence-electron chi connectivity index (χ2n) is 4.64. The first-order valence-corrected chi connectivity index (χ1v) is 5.80. The summed E-state index contributed by atoms with van der Waals surface area (Å²) in [6.07, 6.45) is 0. The SMILES string of the molecule is Cc1cc(C)c(-c2ccc(N)nc2C)c(C)c1. The number of hydrogen-bond acceptors (Lipinski definition) is 2. The van der Waals surface area contributed by atoms with Crippen molar-refractivity contribution in [3.05, 3.63) is 46.6 Å². The number of benzene rings is 1. The van der Waals surface area contributed by atoms with Crippen molar-refractivity contribution in [2.45, 2.75) is 27.7 Å². The quantitative estimate of drug-likeness (QED) is 0.807. The Morgan fingerprint density at radius 1 is 0.941 bits per heavy atom.